The zero-order valence-corrected chi connectivity index (χ0v) is 9.90. The number of hydrogen-bond donors (Lipinski definition) is 2. The molecular weight excluding hydrogens is 230 g/mol. The average molecular weight is 245 g/mol. The molecule has 16 heavy (non-hydrogen) atoms. The van der Waals surface area contributed by atoms with Gasteiger partial charge >= 0.3 is 0 Å². The number of hydrogen-bond acceptors (Lipinski definition) is 6. The van der Waals surface area contributed by atoms with Gasteiger partial charge in [0.15, 0.2) is 0 Å². The first-order valence-corrected chi connectivity index (χ1v) is 5.95. The van der Waals surface area contributed by atoms with Crippen molar-refractivity contribution in [1.29, 1.82) is 0 Å². The highest BCUT2D eigenvalue weighted by Gasteiger charge is 2.04. The van der Waals surface area contributed by atoms with Crippen molar-refractivity contribution in [1.82, 2.24) is 25.5 Å². The van der Waals surface area contributed by atoms with E-state index in [-0.39, 0.29) is 12.5 Å². The van der Waals surface area contributed by atoms with E-state index in [4.69, 9.17) is 5.11 Å². The second-order valence-electron chi connectivity index (χ2n) is 3.11. The van der Waals surface area contributed by atoms with Crippen LogP contribution in [0.3, 0.4) is 0 Å². The Hall–Kier alpha value is -1.15. The first-order valence-electron chi connectivity index (χ1n) is 4.96. The molecule has 0 fully saturated rings. The van der Waals surface area contributed by atoms with Crippen LogP contribution in [-0.4, -0.2) is 50.1 Å². The number of aliphatic hydroxyl groups excluding tert-OH is 1. The van der Waals surface area contributed by atoms with Crippen LogP contribution in [0.4, 0.5) is 0 Å². The molecule has 0 unspecified atom stereocenters. The maximum absolute atomic E-state index is 11.2. The minimum absolute atomic E-state index is 0.0227. The molecule has 0 aliphatic rings. The fourth-order valence-corrected chi connectivity index (χ4v) is 1.81. The van der Waals surface area contributed by atoms with Crippen molar-refractivity contribution >= 4 is 17.7 Å². The van der Waals surface area contributed by atoms with Crippen molar-refractivity contribution < 1.29 is 9.90 Å². The molecule has 0 aromatic carbocycles. The van der Waals surface area contributed by atoms with Gasteiger partial charge in [0.05, 0.1) is 6.61 Å². The number of aliphatic hydroxyl groups is 1. The third-order valence-electron chi connectivity index (χ3n) is 1.79. The Balaban J connectivity index is 2.08. The van der Waals surface area contributed by atoms with Gasteiger partial charge < -0.3 is 10.4 Å². The van der Waals surface area contributed by atoms with E-state index in [1.54, 1.807) is 11.7 Å². The Morgan fingerprint density at radius 3 is 3.06 bits per heavy atom. The van der Waals surface area contributed by atoms with E-state index < -0.39 is 0 Å². The summed E-state index contributed by atoms with van der Waals surface area (Å²) in [4.78, 5) is 11.2. The molecule has 8 heteroatoms. The molecule has 1 aromatic rings. The number of aromatic nitrogens is 4. The number of carbonyl (C=O) groups is 1. The number of rotatable bonds is 7. The number of aryl methyl sites for hydroxylation is 1. The van der Waals surface area contributed by atoms with Gasteiger partial charge in [-0.1, -0.05) is 11.8 Å². The van der Waals surface area contributed by atoms with E-state index in [9.17, 15) is 4.79 Å². The molecule has 0 bridgehead atoms. The van der Waals surface area contributed by atoms with Gasteiger partial charge in [-0.3, -0.25) is 4.79 Å². The zero-order chi connectivity index (χ0) is 11.8. The quantitative estimate of drug-likeness (QED) is 0.482. The smallest absolute Gasteiger partial charge is 0.220 e. The van der Waals surface area contributed by atoms with Crippen molar-refractivity contribution in [2.24, 2.45) is 7.05 Å². The monoisotopic (exact) mass is 245 g/mol. The van der Waals surface area contributed by atoms with Gasteiger partial charge in [0.2, 0.25) is 11.1 Å². The predicted octanol–water partition coefficient (Wildman–Crippen LogP) is -0.809. The predicted molar refractivity (Wildman–Crippen MR) is 58.9 cm³/mol. The first-order chi connectivity index (χ1) is 7.74. The molecule has 0 radical (unpaired) electrons. The maximum atomic E-state index is 11.2. The molecule has 1 aromatic heterocycles. The van der Waals surface area contributed by atoms with E-state index >= 15 is 0 Å². The SMILES string of the molecule is Cn1nnnc1SCCCC(=O)NCCO. The van der Waals surface area contributed by atoms with Gasteiger partial charge in [0.1, 0.15) is 0 Å². The van der Waals surface area contributed by atoms with Crippen molar-refractivity contribution in [3.8, 4) is 0 Å². The molecule has 1 heterocycles. The van der Waals surface area contributed by atoms with E-state index in [1.807, 2.05) is 0 Å². The van der Waals surface area contributed by atoms with Crippen LogP contribution in [-0.2, 0) is 11.8 Å². The van der Waals surface area contributed by atoms with Crippen LogP contribution in [0.2, 0.25) is 0 Å². The van der Waals surface area contributed by atoms with E-state index in [1.165, 1.54) is 11.8 Å². The minimum atomic E-state index is -0.0364. The molecule has 0 aliphatic heterocycles. The summed E-state index contributed by atoms with van der Waals surface area (Å²) in [5.41, 5.74) is 0. The number of thioether (sulfide) groups is 1. The summed E-state index contributed by atoms with van der Waals surface area (Å²) in [5, 5.41) is 22.9. The van der Waals surface area contributed by atoms with E-state index in [2.05, 4.69) is 20.8 Å². The second-order valence-corrected chi connectivity index (χ2v) is 4.17. The van der Waals surface area contributed by atoms with Crippen molar-refractivity contribution in [3.63, 3.8) is 0 Å². The highest BCUT2D eigenvalue weighted by atomic mass is 32.2. The standard InChI is InChI=1S/C8H15N5O2S/c1-13-8(10-11-12-13)16-6-2-3-7(15)9-4-5-14/h14H,2-6H2,1H3,(H,9,15). The Kier molecular flexibility index (Phi) is 5.79. The average Bonchev–Trinajstić information content (AvgIpc) is 2.67. The third-order valence-corrected chi connectivity index (χ3v) is 2.89. The summed E-state index contributed by atoms with van der Waals surface area (Å²) < 4.78 is 1.59. The molecule has 0 saturated carbocycles. The number of carbonyl (C=O) groups excluding carboxylic acids is 1. The summed E-state index contributed by atoms with van der Waals surface area (Å²) >= 11 is 1.52. The van der Waals surface area contributed by atoms with Crippen LogP contribution >= 0.6 is 11.8 Å². The maximum Gasteiger partial charge on any atom is 0.220 e. The molecule has 1 rings (SSSR count). The topological polar surface area (TPSA) is 92.9 Å². The normalized spacial score (nSPS) is 10.4. The van der Waals surface area contributed by atoms with Crippen LogP contribution in [0.1, 0.15) is 12.8 Å². The Labute approximate surface area is 97.6 Å². The summed E-state index contributed by atoms with van der Waals surface area (Å²) in [7, 11) is 1.77. The lowest BCUT2D eigenvalue weighted by Crippen LogP contribution is -2.26. The van der Waals surface area contributed by atoms with E-state index in [0.29, 0.717) is 13.0 Å². The van der Waals surface area contributed by atoms with Crippen molar-refractivity contribution in [3.05, 3.63) is 0 Å². The van der Waals surface area contributed by atoms with Gasteiger partial charge in [-0.05, 0) is 16.8 Å². The lowest BCUT2D eigenvalue weighted by Gasteiger charge is -2.02. The molecule has 0 spiro atoms. The molecular formula is C8H15N5O2S. The largest absolute Gasteiger partial charge is 0.395 e. The van der Waals surface area contributed by atoms with Gasteiger partial charge in [-0.25, -0.2) is 4.68 Å². The fraction of sp³-hybridized carbons (Fsp3) is 0.750. The van der Waals surface area contributed by atoms with Gasteiger partial charge in [0, 0.05) is 25.8 Å². The number of nitrogens with one attached hydrogen (secondary N) is 1. The van der Waals surface area contributed by atoms with Crippen LogP contribution in [0.25, 0.3) is 0 Å². The summed E-state index contributed by atoms with van der Waals surface area (Å²) in [5.74, 6) is 0.756. The van der Waals surface area contributed by atoms with Crippen LogP contribution in [0.15, 0.2) is 5.16 Å². The van der Waals surface area contributed by atoms with Gasteiger partial charge in [0.25, 0.3) is 0 Å². The van der Waals surface area contributed by atoms with E-state index in [0.717, 1.165) is 17.3 Å². The Bertz CT molecular complexity index is 330. The second kappa shape index (κ2) is 7.18. The molecule has 0 aliphatic carbocycles. The summed E-state index contributed by atoms with van der Waals surface area (Å²) in [6, 6.07) is 0. The molecule has 0 saturated heterocycles. The van der Waals surface area contributed by atoms with Gasteiger partial charge in [-0.15, -0.1) is 5.10 Å². The van der Waals surface area contributed by atoms with Gasteiger partial charge in [-0.2, -0.15) is 0 Å². The minimum Gasteiger partial charge on any atom is -0.395 e. The summed E-state index contributed by atoms with van der Waals surface area (Å²) in [6.45, 7) is 0.296. The highest BCUT2D eigenvalue weighted by Crippen LogP contribution is 2.13. The lowest BCUT2D eigenvalue weighted by atomic mass is 10.3. The van der Waals surface area contributed by atoms with Crippen molar-refractivity contribution in [2.75, 3.05) is 18.9 Å². The molecule has 2 N–H and O–H groups in total. The molecule has 1 amide bonds. The number of nitrogens with zero attached hydrogens (tertiary/aromatic N) is 4. The summed E-state index contributed by atoms with van der Waals surface area (Å²) in [6.07, 6.45) is 1.22. The molecule has 7 nitrogen and oxygen atoms in total. The fourth-order valence-electron chi connectivity index (χ4n) is 1.02. The Morgan fingerprint density at radius 1 is 1.62 bits per heavy atom. The van der Waals surface area contributed by atoms with Crippen LogP contribution < -0.4 is 5.32 Å². The number of amides is 1. The third kappa shape index (κ3) is 4.58. The zero-order valence-electron chi connectivity index (χ0n) is 9.09. The highest BCUT2D eigenvalue weighted by molar-refractivity contribution is 7.99. The van der Waals surface area contributed by atoms with Crippen LogP contribution in [0, 0.1) is 0 Å². The molecule has 90 valence electrons. The first kappa shape index (κ1) is 12.9. The Morgan fingerprint density at radius 2 is 2.44 bits per heavy atom. The molecule has 0 atom stereocenters. The lowest BCUT2D eigenvalue weighted by molar-refractivity contribution is -0.121. The van der Waals surface area contributed by atoms with Crippen molar-refractivity contribution in [2.45, 2.75) is 18.0 Å². The van der Waals surface area contributed by atoms with Crippen LogP contribution in [0.5, 0.6) is 0 Å². The number of tetrazole rings is 1.